The molecule has 0 atom stereocenters. The van der Waals surface area contributed by atoms with E-state index in [1.807, 2.05) is 0 Å². The van der Waals surface area contributed by atoms with Crippen molar-refractivity contribution in [2.45, 2.75) is 0 Å². The number of hydrogen-bond acceptors (Lipinski definition) is 1. The predicted octanol–water partition coefficient (Wildman–Crippen LogP) is 14.3. The Morgan fingerprint density at radius 2 is 0.764 bits per heavy atom. The third-order valence-electron chi connectivity index (χ3n) is 11.2. The van der Waals surface area contributed by atoms with E-state index in [0.29, 0.717) is 0 Å². The number of nitrogens with zero attached hydrogens (tertiary/aromatic N) is 2. The fourth-order valence-electron chi connectivity index (χ4n) is 8.52. The van der Waals surface area contributed by atoms with Gasteiger partial charge in [-0.1, -0.05) is 170 Å². The van der Waals surface area contributed by atoms with Gasteiger partial charge in [-0.05, 0) is 113 Å². The molecule has 0 unspecified atom stereocenters. The van der Waals surface area contributed by atoms with Crippen molar-refractivity contribution >= 4 is 54.1 Å². The molecule has 0 radical (unpaired) electrons. The van der Waals surface area contributed by atoms with Crippen LogP contribution in [0.25, 0.3) is 105 Å². The summed E-state index contributed by atoms with van der Waals surface area (Å²) in [6.07, 6.45) is 0. The Labute approximate surface area is 319 Å². The van der Waals surface area contributed by atoms with E-state index >= 15 is 0 Å². The molecule has 2 heteroatoms. The SMILES string of the molecule is c1ccc(-c2ccc3c(c2)nc(-c2ccc(-c4cc5ccccc5c5ccccc45)cc2)n3-c2ccc(-c3cc4ccccc4c4ccccc34)cc2)cc1. The molecule has 1 heterocycles. The lowest BCUT2D eigenvalue weighted by Gasteiger charge is -2.14. The van der Waals surface area contributed by atoms with Gasteiger partial charge in [-0.3, -0.25) is 4.57 Å². The summed E-state index contributed by atoms with van der Waals surface area (Å²) >= 11 is 0. The largest absolute Gasteiger partial charge is 0.292 e. The van der Waals surface area contributed by atoms with E-state index in [4.69, 9.17) is 4.98 Å². The highest BCUT2D eigenvalue weighted by Crippen LogP contribution is 2.39. The zero-order valence-electron chi connectivity index (χ0n) is 30.0. The molecule has 0 aliphatic heterocycles. The first-order valence-electron chi connectivity index (χ1n) is 18.9. The van der Waals surface area contributed by atoms with Crippen LogP contribution in [0.5, 0.6) is 0 Å². The fourth-order valence-corrected chi connectivity index (χ4v) is 8.52. The molecule has 0 bridgehead atoms. The van der Waals surface area contributed by atoms with E-state index in [2.05, 4.69) is 211 Å². The molecule has 11 rings (SSSR count). The highest BCUT2D eigenvalue weighted by molar-refractivity contribution is 6.15. The molecular formula is C53H34N2. The van der Waals surface area contributed by atoms with Gasteiger partial charge in [0.2, 0.25) is 0 Å². The summed E-state index contributed by atoms with van der Waals surface area (Å²) in [5, 5.41) is 10.1. The Balaban J connectivity index is 1.06. The number of benzene rings is 10. The molecule has 0 aliphatic rings. The minimum Gasteiger partial charge on any atom is -0.292 e. The van der Waals surface area contributed by atoms with Crippen molar-refractivity contribution in [1.29, 1.82) is 0 Å². The van der Waals surface area contributed by atoms with Crippen molar-refractivity contribution in [2.24, 2.45) is 0 Å². The van der Waals surface area contributed by atoms with E-state index in [1.165, 1.54) is 70.9 Å². The van der Waals surface area contributed by atoms with Crippen LogP contribution in [0.2, 0.25) is 0 Å². The maximum absolute atomic E-state index is 5.36. The fraction of sp³-hybridized carbons (Fsp3) is 0. The smallest absolute Gasteiger partial charge is 0.145 e. The van der Waals surface area contributed by atoms with Crippen LogP contribution >= 0.6 is 0 Å². The first-order valence-corrected chi connectivity index (χ1v) is 18.9. The molecule has 0 spiro atoms. The van der Waals surface area contributed by atoms with Crippen molar-refractivity contribution in [3.05, 3.63) is 206 Å². The van der Waals surface area contributed by atoms with Gasteiger partial charge >= 0.3 is 0 Å². The highest BCUT2D eigenvalue weighted by atomic mass is 15.1. The number of rotatable bonds is 5. The monoisotopic (exact) mass is 698 g/mol. The van der Waals surface area contributed by atoms with Gasteiger partial charge in [0.15, 0.2) is 0 Å². The van der Waals surface area contributed by atoms with Crippen LogP contribution < -0.4 is 0 Å². The minimum atomic E-state index is 0.916. The lowest BCUT2D eigenvalue weighted by Crippen LogP contribution is -1.98. The summed E-state index contributed by atoms with van der Waals surface area (Å²) in [6.45, 7) is 0. The summed E-state index contributed by atoms with van der Waals surface area (Å²) in [5.74, 6) is 0.916. The molecule has 55 heavy (non-hydrogen) atoms. The first-order chi connectivity index (χ1) is 27.3. The quantitative estimate of drug-likeness (QED) is 0.164. The van der Waals surface area contributed by atoms with Gasteiger partial charge in [0.25, 0.3) is 0 Å². The lowest BCUT2D eigenvalue weighted by atomic mass is 9.93. The van der Waals surface area contributed by atoms with Crippen molar-refractivity contribution in [3.63, 3.8) is 0 Å². The Bertz CT molecular complexity index is 3230. The van der Waals surface area contributed by atoms with Gasteiger partial charge < -0.3 is 0 Å². The van der Waals surface area contributed by atoms with Crippen molar-refractivity contribution in [2.75, 3.05) is 0 Å². The van der Waals surface area contributed by atoms with Gasteiger partial charge in [-0.15, -0.1) is 0 Å². The van der Waals surface area contributed by atoms with Crippen LogP contribution in [0.15, 0.2) is 206 Å². The van der Waals surface area contributed by atoms with E-state index in [1.54, 1.807) is 0 Å². The van der Waals surface area contributed by atoms with Crippen molar-refractivity contribution in [3.8, 4) is 50.5 Å². The van der Waals surface area contributed by atoms with E-state index < -0.39 is 0 Å². The second-order valence-corrected chi connectivity index (χ2v) is 14.3. The van der Waals surface area contributed by atoms with Crippen LogP contribution in [-0.4, -0.2) is 9.55 Å². The normalized spacial score (nSPS) is 11.6. The zero-order chi connectivity index (χ0) is 36.3. The molecular weight excluding hydrogens is 665 g/mol. The Kier molecular flexibility index (Phi) is 7.21. The standard InChI is InChI=1S/C53H34N2/c1-2-12-35(13-3-1)39-28-31-52-51(34-39)54-53(38-24-22-36(23-25-38)49-32-40-14-4-6-16-43(40)45-18-8-10-20-47(45)49)55(52)42-29-26-37(27-30-42)50-33-41-15-5-7-17-44(41)46-19-9-11-21-48(46)50/h1-34H. The third-order valence-corrected chi connectivity index (χ3v) is 11.2. The van der Waals surface area contributed by atoms with E-state index in [0.717, 1.165) is 33.7 Å². The van der Waals surface area contributed by atoms with Gasteiger partial charge in [0.1, 0.15) is 5.82 Å². The topological polar surface area (TPSA) is 17.8 Å². The minimum absolute atomic E-state index is 0.916. The van der Waals surface area contributed by atoms with Crippen LogP contribution in [-0.2, 0) is 0 Å². The molecule has 0 amide bonds. The van der Waals surface area contributed by atoms with Gasteiger partial charge in [-0.2, -0.15) is 0 Å². The molecule has 0 N–H and O–H groups in total. The van der Waals surface area contributed by atoms with Crippen molar-refractivity contribution < 1.29 is 0 Å². The number of hydrogen-bond donors (Lipinski definition) is 0. The van der Waals surface area contributed by atoms with Crippen molar-refractivity contribution in [1.82, 2.24) is 9.55 Å². The molecule has 10 aromatic carbocycles. The van der Waals surface area contributed by atoms with Crippen LogP contribution in [0.3, 0.4) is 0 Å². The van der Waals surface area contributed by atoms with E-state index in [9.17, 15) is 0 Å². The molecule has 0 saturated heterocycles. The molecule has 0 fully saturated rings. The molecule has 2 nitrogen and oxygen atoms in total. The summed E-state index contributed by atoms with van der Waals surface area (Å²) in [7, 11) is 0. The number of aromatic nitrogens is 2. The summed E-state index contributed by atoms with van der Waals surface area (Å²) in [5.41, 5.74) is 11.4. The van der Waals surface area contributed by atoms with Crippen LogP contribution in [0.4, 0.5) is 0 Å². The summed E-state index contributed by atoms with van der Waals surface area (Å²) in [6, 6.07) is 74.6. The summed E-state index contributed by atoms with van der Waals surface area (Å²) < 4.78 is 2.31. The summed E-state index contributed by atoms with van der Waals surface area (Å²) in [4.78, 5) is 5.36. The number of fused-ring (bicyclic) bond motifs is 7. The van der Waals surface area contributed by atoms with Crippen LogP contribution in [0, 0.1) is 0 Å². The molecule has 256 valence electrons. The van der Waals surface area contributed by atoms with E-state index in [-0.39, 0.29) is 0 Å². The molecule has 1 aromatic heterocycles. The second-order valence-electron chi connectivity index (χ2n) is 14.3. The number of imidazole rings is 1. The maximum atomic E-state index is 5.36. The first kappa shape index (κ1) is 31.3. The molecule has 0 saturated carbocycles. The predicted molar refractivity (Wildman–Crippen MR) is 233 cm³/mol. The maximum Gasteiger partial charge on any atom is 0.145 e. The Morgan fingerprint density at radius 1 is 0.309 bits per heavy atom. The molecule has 11 aromatic rings. The second kappa shape index (κ2) is 12.7. The zero-order valence-corrected chi connectivity index (χ0v) is 30.0. The van der Waals surface area contributed by atoms with Gasteiger partial charge in [0, 0.05) is 11.3 Å². The average molecular weight is 699 g/mol. The Hall–Kier alpha value is -7.29. The average Bonchev–Trinajstić information content (AvgIpc) is 3.65. The molecule has 0 aliphatic carbocycles. The highest BCUT2D eigenvalue weighted by Gasteiger charge is 2.17. The third kappa shape index (κ3) is 5.22. The van der Waals surface area contributed by atoms with Gasteiger partial charge in [-0.25, -0.2) is 4.98 Å². The van der Waals surface area contributed by atoms with Gasteiger partial charge in [0.05, 0.1) is 11.0 Å². The van der Waals surface area contributed by atoms with Crippen LogP contribution in [0.1, 0.15) is 0 Å². The lowest BCUT2D eigenvalue weighted by molar-refractivity contribution is 1.10. The Morgan fingerprint density at radius 3 is 1.35 bits per heavy atom.